The second-order valence-corrected chi connectivity index (χ2v) is 8.51. The SMILES string of the molecule is Cc1ccc(S(=O)(=O)n2cc(-c3ccccc3-c3cccc(C)c3)nn2)cc1. The lowest BCUT2D eigenvalue weighted by atomic mass is 9.97. The topological polar surface area (TPSA) is 64.8 Å². The first-order chi connectivity index (χ1) is 13.4. The van der Waals surface area contributed by atoms with Crippen LogP contribution in [0.3, 0.4) is 0 Å². The molecule has 0 saturated heterocycles. The minimum absolute atomic E-state index is 0.182. The summed E-state index contributed by atoms with van der Waals surface area (Å²) in [4.78, 5) is 0.182. The maximum Gasteiger partial charge on any atom is 0.284 e. The van der Waals surface area contributed by atoms with Crippen molar-refractivity contribution in [2.24, 2.45) is 0 Å². The zero-order valence-electron chi connectivity index (χ0n) is 15.6. The van der Waals surface area contributed by atoms with Gasteiger partial charge in [0.2, 0.25) is 0 Å². The highest BCUT2D eigenvalue weighted by atomic mass is 32.2. The van der Waals surface area contributed by atoms with Gasteiger partial charge in [0.15, 0.2) is 0 Å². The van der Waals surface area contributed by atoms with Gasteiger partial charge in [-0.1, -0.05) is 77.0 Å². The zero-order chi connectivity index (χ0) is 19.7. The zero-order valence-corrected chi connectivity index (χ0v) is 16.4. The number of rotatable bonds is 4. The summed E-state index contributed by atoms with van der Waals surface area (Å²) in [6, 6.07) is 22.6. The highest BCUT2D eigenvalue weighted by Gasteiger charge is 2.20. The predicted octanol–water partition coefficient (Wildman–Crippen LogP) is 4.47. The molecule has 4 rings (SSSR count). The maximum atomic E-state index is 12.8. The third-order valence-electron chi connectivity index (χ3n) is 4.57. The van der Waals surface area contributed by atoms with Crippen LogP contribution in [0.5, 0.6) is 0 Å². The fourth-order valence-corrected chi connectivity index (χ4v) is 4.15. The van der Waals surface area contributed by atoms with Crippen molar-refractivity contribution in [1.29, 1.82) is 0 Å². The van der Waals surface area contributed by atoms with E-state index in [1.165, 1.54) is 6.20 Å². The first-order valence-electron chi connectivity index (χ1n) is 8.86. The van der Waals surface area contributed by atoms with Crippen LogP contribution in [0.15, 0.2) is 83.9 Å². The van der Waals surface area contributed by atoms with Gasteiger partial charge < -0.3 is 0 Å². The number of nitrogens with zero attached hydrogens (tertiary/aromatic N) is 3. The van der Waals surface area contributed by atoms with E-state index in [4.69, 9.17) is 0 Å². The van der Waals surface area contributed by atoms with E-state index in [2.05, 4.69) is 16.4 Å². The highest BCUT2D eigenvalue weighted by molar-refractivity contribution is 7.89. The summed E-state index contributed by atoms with van der Waals surface area (Å²) >= 11 is 0. The molecule has 6 heteroatoms. The third-order valence-corrected chi connectivity index (χ3v) is 6.11. The molecule has 0 radical (unpaired) electrons. The van der Waals surface area contributed by atoms with Crippen LogP contribution < -0.4 is 0 Å². The number of hydrogen-bond donors (Lipinski definition) is 0. The Balaban J connectivity index is 1.78. The lowest BCUT2D eigenvalue weighted by Gasteiger charge is -2.08. The van der Waals surface area contributed by atoms with E-state index in [1.807, 2.05) is 56.3 Å². The van der Waals surface area contributed by atoms with E-state index in [-0.39, 0.29) is 4.90 Å². The molecule has 0 atom stereocenters. The summed E-state index contributed by atoms with van der Waals surface area (Å²) in [6.45, 7) is 3.95. The van der Waals surface area contributed by atoms with Crippen molar-refractivity contribution in [2.75, 3.05) is 0 Å². The summed E-state index contributed by atoms with van der Waals surface area (Å²) in [5, 5.41) is 8.03. The Kier molecular flexibility index (Phi) is 4.57. The lowest BCUT2D eigenvalue weighted by molar-refractivity contribution is 0.577. The Morgan fingerprint density at radius 1 is 0.786 bits per heavy atom. The van der Waals surface area contributed by atoms with Gasteiger partial charge in [0.25, 0.3) is 10.0 Å². The van der Waals surface area contributed by atoms with E-state index in [0.29, 0.717) is 5.69 Å². The van der Waals surface area contributed by atoms with Crippen LogP contribution in [-0.4, -0.2) is 22.8 Å². The second kappa shape index (κ2) is 7.05. The van der Waals surface area contributed by atoms with Crippen LogP contribution >= 0.6 is 0 Å². The van der Waals surface area contributed by atoms with Gasteiger partial charge in [0.05, 0.1) is 11.1 Å². The maximum absolute atomic E-state index is 12.8. The van der Waals surface area contributed by atoms with E-state index in [0.717, 1.165) is 31.9 Å². The Hall–Kier alpha value is -3.25. The molecule has 0 N–H and O–H groups in total. The molecule has 0 fully saturated rings. The number of aromatic nitrogens is 3. The minimum Gasteiger partial charge on any atom is -0.199 e. The summed E-state index contributed by atoms with van der Waals surface area (Å²) in [5.41, 5.74) is 5.51. The van der Waals surface area contributed by atoms with E-state index in [9.17, 15) is 8.42 Å². The molecule has 5 nitrogen and oxygen atoms in total. The molecule has 3 aromatic carbocycles. The van der Waals surface area contributed by atoms with E-state index in [1.54, 1.807) is 24.3 Å². The monoisotopic (exact) mass is 389 g/mol. The van der Waals surface area contributed by atoms with Gasteiger partial charge in [-0.05, 0) is 37.1 Å². The molecule has 0 aliphatic heterocycles. The summed E-state index contributed by atoms with van der Waals surface area (Å²) < 4.78 is 26.6. The van der Waals surface area contributed by atoms with Crippen molar-refractivity contribution in [1.82, 2.24) is 14.4 Å². The Labute approximate surface area is 164 Å². The van der Waals surface area contributed by atoms with Gasteiger partial charge in [-0.3, -0.25) is 0 Å². The van der Waals surface area contributed by atoms with Crippen LogP contribution in [0.4, 0.5) is 0 Å². The van der Waals surface area contributed by atoms with Crippen LogP contribution in [0, 0.1) is 13.8 Å². The van der Waals surface area contributed by atoms with E-state index < -0.39 is 10.0 Å². The van der Waals surface area contributed by atoms with Crippen molar-refractivity contribution in [3.63, 3.8) is 0 Å². The molecule has 140 valence electrons. The fourth-order valence-electron chi connectivity index (χ4n) is 3.08. The van der Waals surface area contributed by atoms with Gasteiger partial charge in [-0.25, -0.2) is 0 Å². The predicted molar refractivity (Wildman–Crippen MR) is 109 cm³/mol. The Morgan fingerprint density at radius 2 is 1.50 bits per heavy atom. The molecule has 28 heavy (non-hydrogen) atoms. The molecular formula is C22H19N3O2S. The van der Waals surface area contributed by atoms with Crippen LogP contribution in [0.25, 0.3) is 22.4 Å². The van der Waals surface area contributed by atoms with Crippen molar-refractivity contribution in [2.45, 2.75) is 18.7 Å². The summed E-state index contributed by atoms with van der Waals surface area (Å²) in [7, 11) is -3.78. The largest absolute Gasteiger partial charge is 0.284 e. The molecule has 0 aliphatic carbocycles. The molecule has 0 bridgehead atoms. The van der Waals surface area contributed by atoms with Gasteiger partial charge in [-0.15, -0.1) is 9.19 Å². The van der Waals surface area contributed by atoms with E-state index >= 15 is 0 Å². The minimum atomic E-state index is -3.78. The smallest absolute Gasteiger partial charge is 0.199 e. The van der Waals surface area contributed by atoms with Gasteiger partial charge in [0, 0.05) is 5.56 Å². The first kappa shape index (κ1) is 18.1. The molecule has 0 amide bonds. The molecule has 0 spiro atoms. The Bertz CT molecular complexity index is 1240. The average molecular weight is 389 g/mol. The van der Waals surface area contributed by atoms with Gasteiger partial charge in [0.1, 0.15) is 5.69 Å². The fraction of sp³-hybridized carbons (Fsp3) is 0.0909. The van der Waals surface area contributed by atoms with Crippen molar-refractivity contribution >= 4 is 10.0 Å². The molecule has 4 aromatic rings. The molecule has 0 aliphatic rings. The van der Waals surface area contributed by atoms with Gasteiger partial charge >= 0.3 is 0 Å². The second-order valence-electron chi connectivity index (χ2n) is 6.71. The molecular weight excluding hydrogens is 370 g/mol. The molecule has 1 aromatic heterocycles. The van der Waals surface area contributed by atoms with Crippen molar-refractivity contribution in [3.8, 4) is 22.4 Å². The van der Waals surface area contributed by atoms with Crippen LogP contribution in [-0.2, 0) is 10.0 Å². The third kappa shape index (κ3) is 3.34. The highest BCUT2D eigenvalue weighted by Crippen LogP contribution is 2.31. The molecule has 0 unspecified atom stereocenters. The average Bonchev–Trinajstić information content (AvgIpc) is 3.19. The van der Waals surface area contributed by atoms with Gasteiger partial charge in [-0.2, -0.15) is 8.42 Å². The van der Waals surface area contributed by atoms with Crippen molar-refractivity contribution in [3.05, 3.63) is 90.1 Å². The summed E-state index contributed by atoms with van der Waals surface area (Å²) in [6.07, 6.45) is 1.46. The van der Waals surface area contributed by atoms with Crippen molar-refractivity contribution < 1.29 is 8.42 Å². The quantitative estimate of drug-likeness (QED) is 0.517. The molecule has 1 heterocycles. The lowest BCUT2D eigenvalue weighted by Crippen LogP contribution is -2.13. The first-order valence-corrected chi connectivity index (χ1v) is 10.3. The summed E-state index contributed by atoms with van der Waals surface area (Å²) in [5.74, 6) is 0. The number of aryl methyl sites for hydroxylation is 2. The standard InChI is InChI=1S/C22H19N3O2S/c1-16-10-12-19(13-11-16)28(26,27)25-15-22(23-24-25)21-9-4-3-8-20(21)18-7-5-6-17(2)14-18/h3-15H,1-2H3. The normalized spacial score (nSPS) is 11.5. The van der Waals surface area contributed by atoms with Crippen LogP contribution in [0.1, 0.15) is 11.1 Å². The number of hydrogen-bond acceptors (Lipinski definition) is 4. The number of benzene rings is 3. The Morgan fingerprint density at radius 3 is 2.21 bits per heavy atom. The molecule has 0 saturated carbocycles. The van der Waals surface area contributed by atoms with Crippen LogP contribution in [0.2, 0.25) is 0 Å².